The first-order valence-electron chi connectivity index (χ1n) is 9.13. The third-order valence-corrected chi connectivity index (χ3v) is 5.19. The van der Waals surface area contributed by atoms with Gasteiger partial charge in [0.25, 0.3) is 0 Å². The number of ether oxygens (including phenoxy) is 2. The summed E-state index contributed by atoms with van der Waals surface area (Å²) < 4.78 is 11.7. The van der Waals surface area contributed by atoms with E-state index in [9.17, 15) is 19.8 Å². The van der Waals surface area contributed by atoms with E-state index in [1.165, 1.54) is 12.1 Å². The number of aromatic hydroxyl groups is 2. The van der Waals surface area contributed by atoms with Crippen LogP contribution in [0.25, 0.3) is 11.1 Å². The number of allylic oxidation sites excluding steroid dienone is 4. The summed E-state index contributed by atoms with van der Waals surface area (Å²) >= 11 is 0. The number of hydrogen-bond acceptors (Lipinski definition) is 6. The Morgan fingerprint density at radius 3 is 2.07 bits per heavy atom. The van der Waals surface area contributed by atoms with Gasteiger partial charge in [-0.1, -0.05) is 12.2 Å². The number of phenols is 2. The second kappa shape index (κ2) is 7.47. The van der Waals surface area contributed by atoms with Crippen LogP contribution in [0.3, 0.4) is 0 Å². The zero-order valence-electron chi connectivity index (χ0n) is 16.9. The maximum absolute atomic E-state index is 13.1. The molecule has 1 aliphatic heterocycles. The average Bonchev–Trinajstić information content (AvgIpc) is 2.85. The molecule has 0 aliphatic carbocycles. The summed E-state index contributed by atoms with van der Waals surface area (Å²) in [4.78, 5) is 24.8. The van der Waals surface area contributed by atoms with Gasteiger partial charge in [0, 0.05) is 11.1 Å². The highest BCUT2D eigenvalue weighted by molar-refractivity contribution is 6.04. The Morgan fingerprint density at radius 2 is 1.48 bits per heavy atom. The van der Waals surface area contributed by atoms with Crippen LogP contribution in [0, 0.1) is 6.92 Å². The molecule has 0 atom stereocenters. The van der Waals surface area contributed by atoms with Crippen LogP contribution >= 0.6 is 0 Å². The molecule has 1 heterocycles. The number of carbonyl (C=O) groups excluding carboxylic acids is 2. The van der Waals surface area contributed by atoms with E-state index < -0.39 is 5.97 Å². The first-order valence-corrected chi connectivity index (χ1v) is 9.13. The third-order valence-electron chi connectivity index (χ3n) is 5.19. The van der Waals surface area contributed by atoms with Gasteiger partial charge in [-0.15, -0.1) is 0 Å². The van der Waals surface area contributed by atoms with E-state index in [-0.39, 0.29) is 39.9 Å². The minimum Gasteiger partial charge on any atom is -0.508 e. The lowest BCUT2D eigenvalue weighted by Crippen LogP contribution is -2.11. The Bertz CT molecular complexity index is 1110. The van der Waals surface area contributed by atoms with Gasteiger partial charge in [-0.25, -0.2) is 4.79 Å². The number of carbonyl (C=O) groups is 2. The van der Waals surface area contributed by atoms with Crippen LogP contribution in [0.15, 0.2) is 24.3 Å². The molecule has 0 amide bonds. The first kappa shape index (κ1) is 20.2. The minimum atomic E-state index is -0.740. The molecule has 2 aromatic carbocycles. The third kappa shape index (κ3) is 3.16. The second-order valence-corrected chi connectivity index (χ2v) is 6.84. The summed E-state index contributed by atoms with van der Waals surface area (Å²) in [5.74, 6) is -0.897. The lowest BCUT2D eigenvalue weighted by atomic mass is 9.96. The van der Waals surface area contributed by atoms with Crippen molar-refractivity contribution in [2.24, 2.45) is 0 Å². The maximum atomic E-state index is 13.1. The predicted molar refractivity (Wildman–Crippen MR) is 110 cm³/mol. The van der Waals surface area contributed by atoms with Crippen molar-refractivity contribution in [3.8, 4) is 28.7 Å². The summed E-state index contributed by atoms with van der Waals surface area (Å²) in [7, 11) is 0. The van der Waals surface area contributed by atoms with Crippen molar-refractivity contribution >= 4 is 23.4 Å². The standard InChI is InChI=1S/C23H22O6/c1-6-11(3)14-8-18(26)16(10-24)21-19(14)23(27)29-20-13(5)17(25)9-15(12(4)7-2)22(20)28-21/h6-10,25-26H,1-5H3/b11-6+,12-7+. The largest absolute Gasteiger partial charge is 0.508 e. The van der Waals surface area contributed by atoms with E-state index in [4.69, 9.17) is 9.47 Å². The molecule has 0 saturated carbocycles. The average molecular weight is 394 g/mol. The van der Waals surface area contributed by atoms with Crippen LogP contribution in [-0.2, 0) is 0 Å². The molecular formula is C23H22O6. The van der Waals surface area contributed by atoms with E-state index in [0.717, 1.165) is 5.57 Å². The smallest absolute Gasteiger partial charge is 0.348 e. The molecule has 0 aromatic heterocycles. The highest BCUT2D eigenvalue weighted by atomic mass is 16.6. The normalized spacial score (nSPS) is 13.8. The molecule has 0 radical (unpaired) electrons. The van der Waals surface area contributed by atoms with E-state index in [1.54, 1.807) is 26.8 Å². The lowest BCUT2D eigenvalue weighted by Gasteiger charge is -2.17. The molecule has 3 rings (SSSR count). The number of benzene rings is 2. The molecule has 29 heavy (non-hydrogen) atoms. The molecule has 1 aliphatic rings. The molecule has 2 aromatic rings. The van der Waals surface area contributed by atoms with Crippen LogP contribution in [-0.4, -0.2) is 22.5 Å². The molecule has 2 N–H and O–H groups in total. The second-order valence-electron chi connectivity index (χ2n) is 6.84. The van der Waals surface area contributed by atoms with Gasteiger partial charge in [0.15, 0.2) is 23.5 Å². The molecule has 6 nitrogen and oxygen atoms in total. The fourth-order valence-corrected chi connectivity index (χ4v) is 3.19. The van der Waals surface area contributed by atoms with Crippen molar-refractivity contribution < 1.29 is 29.3 Å². The zero-order chi connectivity index (χ0) is 21.5. The quantitative estimate of drug-likeness (QED) is 0.412. The summed E-state index contributed by atoms with van der Waals surface area (Å²) in [6.45, 7) is 8.81. The fourth-order valence-electron chi connectivity index (χ4n) is 3.19. The van der Waals surface area contributed by atoms with E-state index in [1.807, 2.05) is 19.9 Å². The first-order chi connectivity index (χ1) is 13.7. The molecule has 0 fully saturated rings. The SMILES string of the molecule is C/C=C(\C)c1cc(O)c(C)c2c1Oc1c(C=O)c(O)cc(/C(C)=C/C)c1C(=O)O2. The number of hydrogen-bond donors (Lipinski definition) is 2. The van der Waals surface area contributed by atoms with Crippen molar-refractivity contribution in [3.05, 3.63) is 52.1 Å². The van der Waals surface area contributed by atoms with Crippen LogP contribution < -0.4 is 9.47 Å². The van der Waals surface area contributed by atoms with Crippen LogP contribution in [0.1, 0.15) is 65.1 Å². The van der Waals surface area contributed by atoms with Gasteiger partial charge < -0.3 is 19.7 Å². The Hall–Kier alpha value is -3.54. The Morgan fingerprint density at radius 1 is 0.897 bits per heavy atom. The summed E-state index contributed by atoms with van der Waals surface area (Å²) in [6, 6.07) is 2.87. The summed E-state index contributed by atoms with van der Waals surface area (Å²) in [5, 5.41) is 20.7. The van der Waals surface area contributed by atoms with Gasteiger partial charge in [-0.3, -0.25) is 4.79 Å². The molecule has 0 saturated heterocycles. The Kier molecular flexibility index (Phi) is 5.20. The highest BCUT2D eigenvalue weighted by Crippen LogP contribution is 2.50. The predicted octanol–water partition coefficient (Wildman–Crippen LogP) is 5.39. The maximum Gasteiger partial charge on any atom is 0.348 e. The molecular weight excluding hydrogens is 372 g/mol. The van der Waals surface area contributed by atoms with Gasteiger partial charge in [0.2, 0.25) is 0 Å². The molecule has 150 valence electrons. The molecule has 0 spiro atoms. The molecule has 0 bridgehead atoms. The topological polar surface area (TPSA) is 93.1 Å². The number of esters is 1. The molecule has 0 unspecified atom stereocenters. The van der Waals surface area contributed by atoms with Crippen molar-refractivity contribution in [1.82, 2.24) is 0 Å². The molecule has 6 heteroatoms. The highest BCUT2D eigenvalue weighted by Gasteiger charge is 2.33. The monoisotopic (exact) mass is 394 g/mol. The van der Waals surface area contributed by atoms with Gasteiger partial charge >= 0.3 is 5.97 Å². The number of aldehydes is 1. The fraction of sp³-hybridized carbons (Fsp3) is 0.217. The lowest BCUT2D eigenvalue weighted by molar-refractivity contribution is 0.0736. The van der Waals surface area contributed by atoms with Crippen LogP contribution in [0.5, 0.6) is 28.7 Å². The summed E-state index contributed by atoms with van der Waals surface area (Å²) in [5.41, 5.74) is 2.60. The number of fused-ring (bicyclic) bond motifs is 2. The van der Waals surface area contributed by atoms with Gasteiger partial charge in [0.05, 0.1) is 5.56 Å². The minimum absolute atomic E-state index is 0.0414. The van der Waals surface area contributed by atoms with Gasteiger partial charge in [-0.2, -0.15) is 0 Å². The van der Waals surface area contributed by atoms with Gasteiger partial charge in [-0.05, 0) is 63.5 Å². The van der Waals surface area contributed by atoms with Crippen molar-refractivity contribution in [2.45, 2.75) is 34.6 Å². The Labute approximate surface area is 168 Å². The van der Waals surface area contributed by atoms with Gasteiger partial charge in [0.1, 0.15) is 17.1 Å². The van der Waals surface area contributed by atoms with Crippen LogP contribution in [0.2, 0.25) is 0 Å². The number of phenolic OH excluding ortho intramolecular Hbond substituents is 2. The Balaban J connectivity index is 2.45. The van der Waals surface area contributed by atoms with Crippen LogP contribution in [0.4, 0.5) is 0 Å². The zero-order valence-corrected chi connectivity index (χ0v) is 16.9. The van der Waals surface area contributed by atoms with Crippen molar-refractivity contribution in [2.75, 3.05) is 0 Å². The summed E-state index contributed by atoms with van der Waals surface area (Å²) in [6.07, 6.45) is 4.03. The van der Waals surface area contributed by atoms with Crippen molar-refractivity contribution in [3.63, 3.8) is 0 Å². The van der Waals surface area contributed by atoms with Crippen molar-refractivity contribution in [1.29, 1.82) is 0 Å². The number of rotatable bonds is 3. The van der Waals surface area contributed by atoms with E-state index in [0.29, 0.717) is 28.5 Å². The van der Waals surface area contributed by atoms with E-state index in [2.05, 4.69) is 0 Å². The van der Waals surface area contributed by atoms with E-state index >= 15 is 0 Å².